The van der Waals surface area contributed by atoms with Crippen molar-refractivity contribution in [1.82, 2.24) is 19.4 Å². The predicted octanol–water partition coefficient (Wildman–Crippen LogP) is 2.40. The van der Waals surface area contributed by atoms with Crippen molar-refractivity contribution >= 4 is 35.2 Å². The maximum atomic E-state index is 12.5. The molecule has 26 heavy (non-hydrogen) atoms. The lowest BCUT2D eigenvalue weighted by Gasteiger charge is -2.31. The van der Waals surface area contributed by atoms with Gasteiger partial charge in [-0.3, -0.25) is 19.4 Å². The molecule has 1 aliphatic rings. The quantitative estimate of drug-likeness (QED) is 0.464. The Labute approximate surface area is 157 Å². The van der Waals surface area contributed by atoms with Crippen LogP contribution in [-0.2, 0) is 9.59 Å². The molecule has 0 saturated carbocycles. The summed E-state index contributed by atoms with van der Waals surface area (Å²) in [6, 6.07) is 5.89. The Hall–Kier alpha value is -2.80. The fourth-order valence-corrected chi connectivity index (χ4v) is 3.17. The summed E-state index contributed by atoms with van der Waals surface area (Å²) in [4.78, 5) is 32.1. The van der Waals surface area contributed by atoms with Crippen LogP contribution in [0.5, 0.6) is 0 Å². The van der Waals surface area contributed by atoms with Crippen LogP contribution in [0.1, 0.15) is 22.5 Å². The molecule has 0 bridgehead atoms. The Morgan fingerprint density at radius 1 is 1.04 bits per heavy atom. The number of hydrogen-bond acceptors (Lipinski definition) is 4. The smallest absolute Gasteiger partial charge is 0.265 e. The molecular formula is C19H20N4O2S. The minimum absolute atomic E-state index is 0.0979. The van der Waals surface area contributed by atoms with Gasteiger partial charge in [-0.25, -0.2) is 4.98 Å². The summed E-state index contributed by atoms with van der Waals surface area (Å²) in [5, 5.41) is 0.200. The van der Waals surface area contributed by atoms with Crippen LogP contribution in [0.4, 0.5) is 0 Å². The molecule has 1 saturated heterocycles. The highest BCUT2D eigenvalue weighted by atomic mass is 32.1. The molecule has 3 heterocycles. The maximum absolute atomic E-state index is 12.5. The normalized spacial score (nSPS) is 15.1. The van der Waals surface area contributed by atoms with E-state index in [1.165, 1.54) is 9.80 Å². The lowest BCUT2D eigenvalue weighted by molar-refractivity contribution is -0.132. The molecule has 0 spiro atoms. The van der Waals surface area contributed by atoms with Crippen molar-refractivity contribution in [2.75, 3.05) is 14.1 Å². The molecule has 7 heteroatoms. The van der Waals surface area contributed by atoms with Crippen molar-refractivity contribution in [3.63, 3.8) is 0 Å². The maximum Gasteiger partial charge on any atom is 0.265 e. The second-order valence-electron chi connectivity index (χ2n) is 6.42. The van der Waals surface area contributed by atoms with Crippen molar-refractivity contribution in [1.29, 1.82) is 0 Å². The van der Waals surface area contributed by atoms with E-state index in [4.69, 9.17) is 12.2 Å². The molecule has 134 valence electrons. The van der Waals surface area contributed by atoms with Gasteiger partial charge in [0.25, 0.3) is 11.8 Å². The fourth-order valence-electron chi connectivity index (χ4n) is 3.01. The SMILES string of the molecule is Cc1ccc(-n2c(C)cc(C=C3C(=O)N(C)C(=S)N(C)C3=O)c2C)nc1. The van der Waals surface area contributed by atoms with Crippen molar-refractivity contribution in [3.8, 4) is 5.82 Å². The number of nitrogens with zero attached hydrogens (tertiary/aromatic N) is 4. The lowest BCUT2D eigenvalue weighted by atomic mass is 10.1. The molecule has 6 nitrogen and oxygen atoms in total. The number of rotatable bonds is 2. The van der Waals surface area contributed by atoms with Gasteiger partial charge < -0.3 is 4.57 Å². The number of thiocarbonyl (C=S) groups is 1. The largest absolute Gasteiger partial charge is 0.303 e. The average Bonchev–Trinajstić information content (AvgIpc) is 2.90. The van der Waals surface area contributed by atoms with E-state index in [0.29, 0.717) is 0 Å². The first-order chi connectivity index (χ1) is 12.2. The van der Waals surface area contributed by atoms with E-state index in [1.807, 2.05) is 49.7 Å². The van der Waals surface area contributed by atoms with Gasteiger partial charge in [-0.1, -0.05) is 6.07 Å². The van der Waals surface area contributed by atoms with E-state index in [1.54, 1.807) is 20.2 Å². The van der Waals surface area contributed by atoms with E-state index in [2.05, 4.69) is 4.98 Å². The zero-order chi connectivity index (χ0) is 19.2. The van der Waals surface area contributed by atoms with E-state index in [9.17, 15) is 9.59 Å². The highest BCUT2D eigenvalue weighted by Gasteiger charge is 2.35. The molecule has 2 aromatic rings. The third-order valence-corrected chi connectivity index (χ3v) is 5.09. The Bertz CT molecular complexity index is 931. The van der Waals surface area contributed by atoms with Gasteiger partial charge in [-0.2, -0.15) is 0 Å². The number of likely N-dealkylation sites (N-methyl/N-ethyl adjacent to an activating group) is 2. The van der Waals surface area contributed by atoms with Gasteiger partial charge in [-0.05, 0) is 62.3 Å². The van der Waals surface area contributed by atoms with Gasteiger partial charge in [0.05, 0.1) is 0 Å². The van der Waals surface area contributed by atoms with Gasteiger partial charge in [0.15, 0.2) is 5.11 Å². The molecule has 3 rings (SSSR count). The zero-order valence-electron chi connectivity index (χ0n) is 15.4. The zero-order valence-corrected chi connectivity index (χ0v) is 16.2. The second kappa shape index (κ2) is 6.49. The first-order valence-electron chi connectivity index (χ1n) is 8.16. The number of hydrogen-bond donors (Lipinski definition) is 0. The molecule has 0 N–H and O–H groups in total. The van der Waals surface area contributed by atoms with Gasteiger partial charge >= 0.3 is 0 Å². The van der Waals surface area contributed by atoms with Crippen molar-refractivity contribution in [2.45, 2.75) is 20.8 Å². The number of carbonyl (C=O) groups is 2. The standard InChI is InChI=1S/C19H20N4O2S/c1-11-6-7-16(20-10-11)23-12(2)8-14(13(23)3)9-15-17(24)21(4)19(26)22(5)18(15)25/h6-10H,1-5H3. The van der Waals surface area contributed by atoms with Crippen LogP contribution in [-0.4, -0.2) is 50.4 Å². The van der Waals surface area contributed by atoms with Crippen LogP contribution < -0.4 is 0 Å². The van der Waals surface area contributed by atoms with Crippen LogP contribution >= 0.6 is 12.2 Å². The van der Waals surface area contributed by atoms with Crippen LogP contribution in [0.3, 0.4) is 0 Å². The van der Waals surface area contributed by atoms with E-state index in [-0.39, 0.29) is 10.7 Å². The lowest BCUT2D eigenvalue weighted by Crippen LogP contribution is -2.52. The Kier molecular flexibility index (Phi) is 4.50. The van der Waals surface area contributed by atoms with Crippen molar-refractivity contribution in [3.05, 3.63) is 52.5 Å². The molecule has 0 aromatic carbocycles. The third kappa shape index (κ3) is 2.84. The highest BCUT2D eigenvalue weighted by Crippen LogP contribution is 2.24. The Morgan fingerprint density at radius 2 is 1.65 bits per heavy atom. The summed E-state index contributed by atoms with van der Waals surface area (Å²) < 4.78 is 2.00. The Balaban J connectivity index is 2.08. The van der Waals surface area contributed by atoms with Crippen LogP contribution in [0.15, 0.2) is 30.0 Å². The van der Waals surface area contributed by atoms with Gasteiger partial charge in [0.1, 0.15) is 11.4 Å². The average molecular weight is 368 g/mol. The summed E-state index contributed by atoms with van der Waals surface area (Å²) >= 11 is 5.12. The summed E-state index contributed by atoms with van der Waals surface area (Å²) in [6.45, 7) is 5.89. The molecule has 1 aliphatic heterocycles. The molecule has 0 aliphatic carbocycles. The predicted molar refractivity (Wildman–Crippen MR) is 104 cm³/mol. The van der Waals surface area contributed by atoms with E-state index >= 15 is 0 Å². The highest BCUT2D eigenvalue weighted by molar-refractivity contribution is 7.80. The van der Waals surface area contributed by atoms with Crippen LogP contribution in [0.2, 0.25) is 0 Å². The topological polar surface area (TPSA) is 58.4 Å². The van der Waals surface area contributed by atoms with Crippen molar-refractivity contribution < 1.29 is 9.59 Å². The third-order valence-electron chi connectivity index (χ3n) is 4.54. The summed E-state index contributed by atoms with van der Waals surface area (Å²) in [5.41, 5.74) is 3.86. The fraction of sp³-hybridized carbons (Fsp3) is 0.263. The number of aryl methyl sites for hydroxylation is 2. The number of carbonyl (C=O) groups excluding carboxylic acids is 2. The van der Waals surface area contributed by atoms with Crippen molar-refractivity contribution in [2.24, 2.45) is 0 Å². The molecule has 0 radical (unpaired) electrons. The summed E-state index contributed by atoms with van der Waals surface area (Å²) in [6.07, 6.45) is 3.44. The number of pyridine rings is 1. The summed E-state index contributed by atoms with van der Waals surface area (Å²) in [7, 11) is 3.14. The molecule has 2 aromatic heterocycles. The molecule has 1 fully saturated rings. The first kappa shape index (κ1) is 18.0. The molecule has 0 unspecified atom stereocenters. The molecular weight excluding hydrogens is 348 g/mol. The van der Waals surface area contributed by atoms with Gasteiger partial charge in [0.2, 0.25) is 0 Å². The van der Waals surface area contributed by atoms with Gasteiger partial charge in [-0.15, -0.1) is 0 Å². The van der Waals surface area contributed by atoms with Crippen LogP contribution in [0, 0.1) is 20.8 Å². The molecule has 0 atom stereocenters. The van der Waals surface area contributed by atoms with Gasteiger partial charge in [0, 0.05) is 31.7 Å². The number of amides is 2. The minimum Gasteiger partial charge on any atom is -0.303 e. The second-order valence-corrected chi connectivity index (χ2v) is 6.79. The Morgan fingerprint density at radius 3 is 2.19 bits per heavy atom. The van der Waals surface area contributed by atoms with Crippen LogP contribution in [0.25, 0.3) is 11.9 Å². The molecule has 2 amide bonds. The monoisotopic (exact) mass is 368 g/mol. The van der Waals surface area contributed by atoms with E-state index < -0.39 is 11.8 Å². The van der Waals surface area contributed by atoms with E-state index in [0.717, 1.165) is 28.3 Å². The first-order valence-corrected chi connectivity index (χ1v) is 8.57. The number of aromatic nitrogens is 2. The minimum atomic E-state index is -0.392. The summed E-state index contributed by atoms with van der Waals surface area (Å²) in [5.74, 6) is 0.0136.